The van der Waals surface area contributed by atoms with Crippen LogP contribution in [0.5, 0.6) is 0 Å². The van der Waals surface area contributed by atoms with Gasteiger partial charge in [-0.2, -0.15) is 9.97 Å². The quantitative estimate of drug-likeness (QED) is 0.161. The minimum absolute atomic E-state index is 0.502. The van der Waals surface area contributed by atoms with Crippen molar-refractivity contribution in [3.05, 3.63) is 218 Å². The Labute approximate surface area is 357 Å². The number of para-hydroxylation sites is 1. The predicted octanol–water partition coefficient (Wildman–Crippen LogP) is 14.9. The molecule has 0 saturated heterocycles. The van der Waals surface area contributed by atoms with Gasteiger partial charge in [0.1, 0.15) is 11.1 Å². The van der Waals surface area contributed by atoms with Crippen molar-refractivity contribution in [3.8, 4) is 73.2 Å². The summed E-state index contributed by atoms with van der Waals surface area (Å²) in [6.07, 6.45) is 0. The Kier molecular flexibility index (Phi) is 8.42. The highest BCUT2D eigenvalue weighted by Gasteiger charge is 2.25. The summed E-state index contributed by atoms with van der Waals surface area (Å²) in [5, 5.41) is 4.21. The van der Waals surface area contributed by atoms with E-state index >= 15 is 0 Å². The van der Waals surface area contributed by atoms with Crippen LogP contribution in [0.1, 0.15) is 0 Å². The molecule has 5 nitrogen and oxygen atoms in total. The van der Waals surface area contributed by atoms with E-state index in [1.54, 1.807) is 0 Å². The third-order valence-corrected chi connectivity index (χ3v) is 11.9. The molecule has 0 N–H and O–H groups in total. The van der Waals surface area contributed by atoms with Gasteiger partial charge in [-0.05, 0) is 63.2 Å². The van der Waals surface area contributed by atoms with Gasteiger partial charge in [-0.25, -0.2) is 4.98 Å². The van der Waals surface area contributed by atoms with Gasteiger partial charge in [0.15, 0.2) is 17.2 Å². The first-order valence-electron chi connectivity index (χ1n) is 20.8. The van der Waals surface area contributed by atoms with Crippen LogP contribution in [0.3, 0.4) is 0 Å². The molecule has 0 unspecified atom stereocenters. The van der Waals surface area contributed by atoms with Gasteiger partial charge >= 0.3 is 0 Å². The maximum atomic E-state index is 6.87. The van der Waals surface area contributed by atoms with Gasteiger partial charge in [0.05, 0.1) is 5.52 Å². The maximum Gasteiger partial charge on any atom is 0.238 e. The molecule has 0 atom stereocenters. The van der Waals surface area contributed by atoms with Gasteiger partial charge in [-0.3, -0.25) is 4.57 Å². The van der Waals surface area contributed by atoms with Crippen LogP contribution in [0.4, 0.5) is 0 Å². The third-order valence-electron chi connectivity index (χ3n) is 11.9. The van der Waals surface area contributed by atoms with Crippen LogP contribution in [0.15, 0.2) is 223 Å². The van der Waals surface area contributed by atoms with Crippen LogP contribution in [0, 0.1) is 0 Å². The van der Waals surface area contributed by atoms with E-state index in [4.69, 9.17) is 19.4 Å². The van der Waals surface area contributed by atoms with Crippen molar-refractivity contribution in [2.45, 2.75) is 0 Å². The minimum atomic E-state index is 0.502. The fourth-order valence-electron chi connectivity index (χ4n) is 8.85. The Morgan fingerprint density at radius 2 is 0.758 bits per heavy atom. The van der Waals surface area contributed by atoms with Gasteiger partial charge in [-0.1, -0.05) is 194 Å². The zero-order valence-electron chi connectivity index (χ0n) is 33.5. The first-order valence-corrected chi connectivity index (χ1v) is 20.8. The highest BCUT2D eigenvalue weighted by atomic mass is 16.3. The molecule has 0 radical (unpaired) electrons. The molecule has 3 aromatic heterocycles. The summed E-state index contributed by atoms with van der Waals surface area (Å²) in [5.74, 6) is 1.65. The van der Waals surface area contributed by atoms with E-state index in [0.717, 1.165) is 99.4 Å². The lowest BCUT2D eigenvalue weighted by atomic mass is 9.95. The second kappa shape index (κ2) is 14.7. The number of fused-ring (bicyclic) bond motifs is 7. The van der Waals surface area contributed by atoms with Gasteiger partial charge in [0, 0.05) is 38.2 Å². The molecule has 0 aliphatic rings. The van der Waals surface area contributed by atoms with E-state index < -0.39 is 0 Å². The van der Waals surface area contributed by atoms with Crippen molar-refractivity contribution in [1.82, 2.24) is 19.5 Å². The number of hydrogen-bond donors (Lipinski definition) is 0. The van der Waals surface area contributed by atoms with Crippen LogP contribution in [0.25, 0.3) is 117 Å². The van der Waals surface area contributed by atoms with Crippen LogP contribution in [0.2, 0.25) is 0 Å². The number of nitrogens with zero attached hydrogens (tertiary/aromatic N) is 4. The number of aromatic nitrogens is 4. The van der Waals surface area contributed by atoms with Crippen LogP contribution >= 0.6 is 0 Å². The highest BCUT2D eigenvalue weighted by Crippen LogP contribution is 2.45. The lowest BCUT2D eigenvalue weighted by Crippen LogP contribution is -2.07. The lowest BCUT2D eigenvalue weighted by Gasteiger charge is -2.14. The smallest absolute Gasteiger partial charge is 0.238 e. The average molecular weight is 793 g/mol. The number of furan rings is 1. The van der Waals surface area contributed by atoms with E-state index in [0.29, 0.717) is 17.6 Å². The number of benzene rings is 9. The number of hydrogen-bond acceptors (Lipinski definition) is 4. The van der Waals surface area contributed by atoms with Crippen molar-refractivity contribution in [2.24, 2.45) is 0 Å². The summed E-state index contributed by atoms with van der Waals surface area (Å²) in [6.45, 7) is 0. The molecule has 0 amide bonds. The van der Waals surface area contributed by atoms with E-state index in [-0.39, 0.29) is 0 Å². The first-order chi connectivity index (χ1) is 30.7. The average Bonchev–Trinajstić information content (AvgIpc) is 3.91. The monoisotopic (exact) mass is 792 g/mol. The topological polar surface area (TPSA) is 56.7 Å². The Morgan fingerprint density at radius 1 is 0.306 bits per heavy atom. The molecular formula is C57H36N4O. The van der Waals surface area contributed by atoms with E-state index in [9.17, 15) is 0 Å². The molecule has 0 bridgehead atoms. The van der Waals surface area contributed by atoms with Crippen molar-refractivity contribution >= 4 is 43.7 Å². The molecule has 0 saturated carbocycles. The summed E-state index contributed by atoms with van der Waals surface area (Å²) in [4.78, 5) is 16.1. The van der Waals surface area contributed by atoms with Gasteiger partial charge in [0.25, 0.3) is 0 Å². The maximum absolute atomic E-state index is 6.87. The van der Waals surface area contributed by atoms with E-state index in [2.05, 4.69) is 199 Å². The molecule has 0 fully saturated rings. The largest absolute Gasteiger partial charge is 0.454 e. The molecule has 0 aliphatic heterocycles. The van der Waals surface area contributed by atoms with E-state index in [1.807, 2.05) is 24.3 Å². The van der Waals surface area contributed by atoms with Crippen molar-refractivity contribution in [2.75, 3.05) is 0 Å². The van der Waals surface area contributed by atoms with Gasteiger partial charge in [0.2, 0.25) is 5.95 Å². The Balaban J connectivity index is 1.18. The molecule has 9 aromatic carbocycles. The fraction of sp³-hybridized carbons (Fsp3) is 0. The zero-order chi connectivity index (χ0) is 41.0. The summed E-state index contributed by atoms with van der Waals surface area (Å²) >= 11 is 0. The molecule has 12 rings (SSSR count). The number of rotatable bonds is 7. The highest BCUT2D eigenvalue weighted by molar-refractivity contribution is 6.23. The molecule has 0 spiro atoms. The van der Waals surface area contributed by atoms with Gasteiger partial charge in [-0.15, -0.1) is 0 Å². The van der Waals surface area contributed by atoms with Crippen molar-refractivity contribution in [1.29, 1.82) is 0 Å². The summed E-state index contributed by atoms with van der Waals surface area (Å²) in [5.41, 5.74) is 14.2. The fourth-order valence-corrected chi connectivity index (χ4v) is 8.85. The minimum Gasteiger partial charge on any atom is -0.454 e. The molecule has 3 heterocycles. The summed E-state index contributed by atoms with van der Waals surface area (Å²) < 4.78 is 9.09. The molecule has 62 heavy (non-hydrogen) atoms. The lowest BCUT2D eigenvalue weighted by molar-refractivity contribution is 0.670. The zero-order valence-corrected chi connectivity index (χ0v) is 33.5. The third kappa shape index (κ3) is 6.06. The van der Waals surface area contributed by atoms with Crippen molar-refractivity contribution < 1.29 is 4.42 Å². The molecular weight excluding hydrogens is 757 g/mol. The standard InChI is InChI=1S/C57H36N4O/c1-5-15-37(16-6-1)40-25-29-43(30-26-40)55-58-56(44-31-27-41(28-32-44)38-17-7-2-8-18-38)60-57(59-55)61-52-49(42-21-11-4-12-22-42)35-45(39-19-9-3-10-20-39)36-50(52)47-33-34-48-46-23-13-14-24-51(46)62-54(48)53(47)61/h1-36H. The Hall–Kier alpha value is -8.41. The molecule has 0 aliphatic carbocycles. The molecule has 5 heteroatoms. The first kappa shape index (κ1) is 35.5. The molecule has 12 aromatic rings. The summed E-state index contributed by atoms with van der Waals surface area (Å²) in [7, 11) is 0. The van der Waals surface area contributed by atoms with Gasteiger partial charge < -0.3 is 4.42 Å². The second-order valence-electron chi connectivity index (χ2n) is 15.6. The van der Waals surface area contributed by atoms with Crippen LogP contribution < -0.4 is 0 Å². The van der Waals surface area contributed by atoms with E-state index in [1.165, 1.54) is 0 Å². The predicted molar refractivity (Wildman–Crippen MR) is 254 cm³/mol. The normalized spacial score (nSPS) is 11.5. The van der Waals surface area contributed by atoms with Crippen molar-refractivity contribution in [3.63, 3.8) is 0 Å². The Bertz CT molecular complexity index is 3480. The SMILES string of the molecule is c1ccc(-c2ccc(-c3nc(-c4ccc(-c5ccccc5)cc4)nc(-n4c5c(-c6ccccc6)cc(-c6ccccc6)cc5c5ccc6c7ccccc7oc6c54)n3)cc2)cc1. The van der Waals surface area contributed by atoms with Crippen LogP contribution in [-0.4, -0.2) is 19.5 Å². The Morgan fingerprint density at radius 3 is 1.32 bits per heavy atom. The summed E-state index contributed by atoms with van der Waals surface area (Å²) in [6, 6.07) is 76.3. The van der Waals surface area contributed by atoms with Crippen LogP contribution in [-0.2, 0) is 0 Å². The molecule has 290 valence electrons. The second-order valence-corrected chi connectivity index (χ2v) is 15.6.